The van der Waals surface area contributed by atoms with Gasteiger partial charge in [-0.25, -0.2) is 4.79 Å². The van der Waals surface area contributed by atoms with Crippen molar-refractivity contribution in [1.82, 2.24) is 5.32 Å². The second kappa shape index (κ2) is 15.4. The van der Waals surface area contributed by atoms with Crippen LogP contribution < -0.4 is 14.8 Å². The Morgan fingerprint density at radius 3 is 1.92 bits per heavy atom. The quantitative estimate of drug-likeness (QED) is 0.0921. The number of aliphatic hydroxyl groups excluding tert-OH is 7. The first-order valence-corrected chi connectivity index (χ1v) is 14.4. The zero-order valence-corrected chi connectivity index (χ0v) is 25.4. The van der Waals surface area contributed by atoms with Gasteiger partial charge in [-0.3, -0.25) is 14.4 Å². The van der Waals surface area contributed by atoms with Gasteiger partial charge in [-0.15, -0.1) is 0 Å². The van der Waals surface area contributed by atoms with Crippen LogP contribution in [0.15, 0.2) is 48.5 Å². The molecule has 18 heteroatoms. The van der Waals surface area contributed by atoms with Crippen LogP contribution in [-0.2, 0) is 28.5 Å². The van der Waals surface area contributed by atoms with E-state index in [2.05, 4.69) is 5.32 Å². The molecule has 2 fully saturated rings. The zero-order chi connectivity index (χ0) is 35.3. The number of amides is 1. The molecule has 8 N–H and O–H groups in total. The summed E-state index contributed by atoms with van der Waals surface area (Å²) in [6, 6.07) is 10.7. The number of esters is 3. The van der Waals surface area contributed by atoms with Crippen LogP contribution in [0.1, 0.15) is 34.6 Å². The van der Waals surface area contributed by atoms with Gasteiger partial charge < -0.3 is 69.5 Å². The molecular formula is C30H35NO17. The molecule has 0 aliphatic carbocycles. The fraction of sp³-hybridized carbons (Fsp3) is 0.467. The fourth-order valence-corrected chi connectivity index (χ4v) is 5.11. The number of rotatable bonds is 10. The average molecular weight is 682 g/mol. The van der Waals surface area contributed by atoms with Crippen LogP contribution in [0, 0.1) is 0 Å². The Kier molecular flexibility index (Phi) is 11.8. The summed E-state index contributed by atoms with van der Waals surface area (Å²) >= 11 is 0. The van der Waals surface area contributed by atoms with Crippen molar-refractivity contribution in [2.24, 2.45) is 0 Å². The van der Waals surface area contributed by atoms with Crippen molar-refractivity contribution in [2.75, 3.05) is 13.2 Å². The normalized spacial score (nSPS) is 31.7. The molecule has 2 aromatic rings. The Balaban J connectivity index is 1.74. The number of para-hydroxylation sites is 2. The van der Waals surface area contributed by atoms with Crippen LogP contribution in [0.3, 0.4) is 0 Å². The van der Waals surface area contributed by atoms with Crippen molar-refractivity contribution in [3.05, 3.63) is 59.7 Å². The second-order valence-corrected chi connectivity index (χ2v) is 10.8. The maximum atomic E-state index is 13.6. The number of carbonyl (C=O) groups excluding carboxylic acids is 4. The molecule has 2 aliphatic heterocycles. The summed E-state index contributed by atoms with van der Waals surface area (Å²) < 4.78 is 32.0. The Morgan fingerprint density at radius 2 is 1.35 bits per heavy atom. The summed E-state index contributed by atoms with van der Waals surface area (Å²) in [5.41, 5.74) is -3.32. The molecule has 2 heterocycles. The molecule has 1 amide bonds. The van der Waals surface area contributed by atoms with Gasteiger partial charge in [-0.2, -0.15) is 0 Å². The lowest BCUT2D eigenvalue weighted by molar-refractivity contribution is -0.377. The van der Waals surface area contributed by atoms with Crippen LogP contribution in [-0.4, -0.2) is 134 Å². The highest BCUT2D eigenvalue weighted by Gasteiger charge is 2.59. The number of hydrogen-bond acceptors (Lipinski definition) is 17. The molecule has 2 aliphatic rings. The van der Waals surface area contributed by atoms with Gasteiger partial charge in [0.05, 0.1) is 18.8 Å². The fourth-order valence-electron chi connectivity index (χ4n) is 5.11. The van der Waals surface area contributed by atoms with Gasteiger partial charge in [0.1, 0.15) is 53.7 Å². The standard InChI is InChI=1S/C30H35NO17/c1-13(34)43-17-9-5-3-7-15(17)26(40)31-30(12-33)25(47-27(41)16-8-4-6-10-18(16)44-14(2)35)21(37)23(39)29(48-30)46-24-19(11-32)45-28(42)22(38)20(24)36/h3-10,19-25,28-29,32-33,36-39,42H,11-12H2,1-2H3,(H,31,40)/t19-,20-,21+,22-,23-,24-,25-,28-,29+,30-/m1/s1. The minimum Gasteiger partial charge on any atom is -0.451 e. The summed E-state index contributed by atoms with van der Waals surface area (Å²) in [5.74, 6) is -4.44. The summed E-state index contributed by atoms with van der Waals surface area (Å²) in [7, 11) is 0. The molecule has 18 nitrogen and oxygen atoms in total. The first-order chi connectivity index (χ1) is 22.7. The lowest BCUT2D eigenvalue weighted by Crippen LogP contribution is -2.74. The second-order valence-electron chi connectivity index (χ2n) is 10.8. The highest BCUT2D eigenvalue weighted by atomic mass is 16.7. The summed E-state index contributed by atoms with van der Waals surface area (Å²) in [6.07, 6.45) is -17.9. The molecule has 0 saturated carbocycles. The van der Waals surface area contributed by atoms with Crippen molar-refractivity contribution in [3.8, 4) is 11.5 Å². The van der Waals surface area contributed by atoms with Gasteiger partial charge in [0, 0.05) is 13.8 Å². The van der Waals surface area contributed by atoms with Crippen molar-refractivity contribution in [3.63, 3.8) is 0 Å². The van der Waals surface area contributed by atoms with E-state index in [0.717, 1.165) is 13.8 Å². The van der Waals surface area contributed by atoms with Gasteiger partial charge in [-0.05, 0) is 24.3 Å². The minimum absolute atomic E-state index is 0.232. The van der Waals surface area contributed by atoms with Gasteiger partial charge in [-0.1, -0.05) is 24.3 Å². The first-order valence-electron chi connectivity index (χ1n) is 14.4. The number of aliphatic hydroxyl groups is 7. The van der Waals surface area contributed by atoms with Crippen LogP contribution >= 0.6 is 0 Å². The molecule has 0 spiro atoms. The molecule has 0 bridgehead atoms. The minimum atomic E-state index is -2.69. The van der Waals surface area contributed by atoms with Crippen molar-refractivity contribution in [2.45, 2.75) is 74.9 Å². The third-order valence-electron chi connectivity index (χ3n) is 7.40. The van der Waals surface area contributed by atoms with E-state index in [1.165, 1.54) is 48.5 Å². The van der Waals surface area contributed by atoms with E-state index in [0.29, 0.717) is 0 Å². The lowest BCUT2D eigenvalue weighted by atomic mass is 9.92. The number of benzene rings is 2. The lowest BCUT2D eigenvalue weighted by Gasteiger charge is -2.50. The third-order valence-corrected chi connectivity index (χ3v) is 7.40. The van der Waals surface area contributed by atoms with Gasteiger partial charge in [0.15, 0.2) is 18.7 Å². The van der Waals surface area contributed by atoms with Gasteiger partial charge in [0.25, 0.3) is 5.91 Å². The van der Waals surface area contributed by atoms with Crippen LogP contribution in [0.5, 0.6) is 11.5 Å². The highest BCUT2D eigenvalue weighted by Crippen LogP contribution is 2.35. The van der Waals surface area contributed by atoms with Gasteiger partial charge in [0.2, 0.25) is 5.72 Å². The summed E-state index contributed by atoms with van der Waals surface area (Å²) in [4.78, 5) is 50.3. The van der Waals surface area contributed by atoms with E-state index >= 15 is 0 Å². The average Bonchev–Trinajstić information content (AvgIpc) is 3.05. The number of carbonyl (C=O) groups is 4. The molecular weight excluding hydrogens is 646 g/mol. The molecule has 262 valence electrons. The van der Waals surface area contributed by atoms with Crippen LogP contribution in [0.25, 0.3) is 0 Å². The van der Waals surface area contributed by atoms with Crippen LogP contribution in [0.2, 0.25) is 0 Å². The van der Waals surface area contributed by atoms with E-state index in [1.807, 2.05) is 0 Å². The maximum Gasteiger partial charge on any atom is 0.342 e. The highest BCUT2D eigenvalue weighted by molar-refractivity contribution is 5.98. The van der Waals surface area contributed by atoms with E-state index in [1.54, 1.807) is 0 Å². The molecule has 0 unspecified atom stereocenters. The van der Waals surface area contributed by atoms with Crippen molar-refractivity contribution in [1.29, 1.82) is 0 Å². The Labute approximate surface area is 271 Å². The van der Waals surface area contributed by atoms with Gasteiger partial charge >= 0.3 is 17.9 Å². The predicted octanol–water partition coefficient (Wildman–Crippen LogP) is -2.92. The Bertz CT molecular complexity index is 1480. The number of hydrogen-bond donors (Lipinski definition) is 8. The summed E-state index contributed by atoms with van der Waals surface area (Å²) in [6.45, 7) is -0.0214. The Morgan fingerprint density at radius 1 is 0.792 bits per heavy atom. The van der Waals surface area contributed by atoms with E-state index < -0.39 is 98.1 Å². The molecule has 2 saturated heterocycles. The molecule has 0 aromatic heterocycles. The van der Waals surface area contributed by atoms with Crippen LogP contribution in [0.4, 0.5) is 0 Å². The Hall–Kier alpha value is -4.08. The first kappa shape index (κ1) is 36.8. The molecule has 0 radical (unpaired) electrons. The van der Waals surface area contributed by atoms with Crippen molar-refractivity contribution >= 4 is 23.8 Å². The van der Waals surface area contributed by atoms with E-state index in [4.69, 9.17) is 28.4 Å². The van der Waals surface area contributed by atoms with Crippen molar-refractivity contribution < 1.29 is 83.3 Å². The van der Waals surface area contributed by atoms with E-state index in [-0.39, 0.29) is 22.6 Å². The largest absolute Gasteiger partial charge is 0.451 e. The number of nitrogens with one attached hydrogen (secondary N) is 1. The maximum absolute atomic E-state index is 13.6. The number of ether oxygens (including phenoxy) is 6. The topological polar surface area (TPSA) is 277 Å². The molecule has 2 aromatic carbocycles. The third kappa shape index (κ3) is 7.79. The monoisotopic (exact) mass is 681 g/mol. The predicted molar refractivity (Wildman–Crippen MR) is 154 cm³/mol. The smallest absolute Gasteiger partial charge is 0.342 e. The molecule has 48 heavy (non-hydrogen) atoms. The zero-order valence-electron chi connectivity index (χ0n) is 25.4. The summed E-state index contributed by atoms with van der Waals surface area (Å²) in [5, 5.41) is 75.7. The SMILES string of the molecule is CC(=O)Oc1ccccc1C(=O)N[C@]1(CO)O[C@H](O[C@H]2[C@H](O)[C@@H](O)[C@H](O)O[C@@H]2CO)[C@H](O)[C@H](O)[C@H]1OC(=O)c1ccccc1OC(C)=O. The van der Waals surface area contributed by atoms with E-state index in [9.17, 15) is 54.9 Å². The molecule has 4 rings (SSSR count). The molecule has 10 atom stereocenters.